The molecule has 6 rings (SSSR count). The maximum Gasteiger partial charge on any atom is 0.280 e. The van der Waals surface area contributed by atoms with Gasteiger partial charge >= 0.3 is 0 Å². The Bertz CT molecular complexity index is 2070. The number of hydrogen-bond donors (Lipinski definition) is 2. The van der Waals surface area contributed by atoms with Crippen molar-refractivity contribution in [3.8, 4) is 28.2 Å². The Kier molecular flexibility index (Phi) is 7.65. The number of nitrogens with zero attached hydrogens (tertiary/aromatic N) is 4. The molecular formula is C34H26N4O5. The van der Waals surface area contributed by atoms with Crippen molar-refractivity contribution in [3.05, 3.63) is 118 Å². The van der Waals surface area contributed by atoms with Crippen molar-refractivity contribution in [2.24, 2.45) is 0 Å². The second-order valence-electron chi connectivity index (χ2n) is 10.0. The Morgan fingerprint density at radius 2 is 1.49 bits per heavy atom. The van der Waals surface area contributed by atoms with E-state index < -0.39 is 0 Å². The minimum atomic E-state index is -0.364. The van der Waals surface area contributed by atoms with Gasteiger partial charge in [0.1, 0.15) is 18.3 Å². The Morgan fingerprint density at radius 3 is 2.19 bits per heavy atom. The number of aliphatic hydroxyl groups is 2. The molecule has 0 atom stereocenters. The monoisotopic (exact) mass is 570 g/mol. The first-order valence-electron chi connectivity index (χ1n) is 13.7. The molecule has 0 amide bonds. The second-order valence-corrected chi connectivity index (χ2v) is 10.0. The van der Waals surface area contributed by atoms with E-state index in [0.29, 0.717) is 49.8 Å². The molecule has 0 aliphatic heterocycles. The standard InChI is InChI=1S/C34H26N4O5/c39-12-8-21-14-25-15-26(19-41)30(20-42)32(29(25)16-22(21)9-13-40)23-7-11-36-31(17-23)38-34(43)28-6-2-1-5-27(28)33(37-38)24-4-3-10-35-18-24/h1-7,10-18,41-42H,8-9,19-20H2. The van der Waals surface area contributed by atoms with Gasteiger partial charge in [0.15, 0.2) is 5.82 Å². The number of aldehydes is 2. The summed E-state index contributed by atoms with van der Waals surface area (Å²) in [5, 5.41) is 28.0. The molecule has 0 saturated carbocycles. The lowest BCUT2D eigenvalue weighted by molar-refractivity contribution is -0.108. The number of rotatable bonds is 9. The topological polar surface area (TPSA) is 135 Å². The summed E-state index contributed by atoms with van der Waals surface area (Å²) in [6, 6.07) is 19.8. The molecular weight excluding hydrogens is 544 g/mol. The van der Waals surface area contributed by atoms with Crippen molar-refractivity contribution in [3.63, 3.8) is 0 Å². The highest BCUT2D eigenvalue weighted by Gasteiger charge is 2.19. The Balaban J connectivity index is 1.63. The van der Waals surface area contributed by atoms with Crippen LogP contribution in [-0.2, 0) is 35.6 Å². The van der Waals surface area contributed by atoms with Crippen molar-refractivity contribution in [2.45, 2.75) is 26.1 Å². The van der Waals surface area contributed by atoms with E-state index in [0.717, 1.165) is 28.9 Å². The average molecular weight is 571 g/mol. The summed E-state index contributed by atoms with van der Waals surface area (Å²) in [5.41, 5.74) is 4.63. The largest absolute Gasteiger partial charge is 0.392 e. The van der Waals surface area contributed by atoms with Gasteiger partial charge in [-0.25, -0.2) is 4.98 Å². The van der Waals surface area contributed by atoms with Crippen molar-refractivity contribution in [1.29, 1.82) is 0 Å². The lowest BCUT2D eigenvalue weighted by Gasteiger charge is -2.19. The van der Waals surface area contributed by atoms with Crippen molar-refractivity contribution >= 4 is 34.1 Å². The molecule has 9 heteroatoms. The van der Waals surface area contributed by atoms with E-state index >= 15 is 0 Å². The quantitative estimate of drug-likeness (QED) is 0.248. The zero-order valence-electron chi connectivity index (χ0n) is 23.0. The van der Waals surface area contributed by atoms with Crippen LogP contribution in [0.2, 0.25) is 0 Å². The second kappa shape index (κ2) is 11.8. The molecule has 0 aliphatic carbocycles. The van der Waals surface area contributed by atoms with E-state index in [2.05, 4.69) is 9.97 Å². The van der Waals surface area contributed by atoms with E-state index in [1.54, 1.807) is 55.0 Å². The highest BCUT2D eigenvalue weighted by atomic mass is 16.3. The summed E-state index contributed by atoms with van der Waals surface area (Å²) in [6.45, 7) is -0.687. The summed E-state index contributed by atoms with van der Waals surface area (Å²) in [4.78, 5) is 45.3. The van der Waals surface area contributed by atoms with Gasteiger partial charge in [0.05, 0.1) is 18.6 Å². The van der Waals surface area contributed by atoms with Crippen LogP contribution in [0, 0.1) is 0 Å². The van der Waals surface area contributed by atoms with Gasteiger partial charge in [-0.2, -0.15) is 9.78 Å². The van der Waals surface area contributed by atoms with Crippen LogP contribution in [0.3, 0.4) is 0 Å². The lowest BCUT2D eigenvalue weighted by atomic mass is 9.87. The number of hydrogen-bond acceptors (Lipinski definition) is 8. The minimum Gasteiger partial charge on any atom is -0.392 e. The fourth-order valence-electron chi connectivity index (χ4n) is 5.60. The highest BCUT2D eigenvalue weighted by molar-refractivity contribution is 6.01. The first-order chi connectivity index (χ1) is 21.1. The SMILES string of the molecule is O=CCc1cc2cc(CO)c(CO)c(-c3ccnc(-n4nc(-c5cccnc5)c5ccccc5c4=O)c3)c2cc1CC=O. The molecule has 43 heavy (non-hydrogen) atoms. The Hall–Kier alpha value is -5.38. The van der Waals surface area contributed by atoms with Gasteiger partial charge in [0, 0.05) is 42.4 Å². The lowest BCUT2D eigenvalue weighted by Crippen LogP contribution is -2.23. The van der Waals surface area contributed by atoms with Crippen LogP contribution < -0.4 is 5.56 Å². The van der Waals surface area contributed by atoms with Crippen LogP contribution >= 0.6 is 0 Å². The highest BCUT2D eigenvalue weighted by Crippen LogP contribution is 2.37. The number of pyridine rings is 2. The van der Waals surface area contributed by atoms with Gasteiger partial charge in [-0.05, 0) is 86.6 Å². The molecule has 9 nitrogen and oxygen atoms in total. The minimum absolute atomic E-state index is 0.115. The predicted octanol–water partition coefficient (Wildman–Crippen LogP) is 4.13. The molecule has 0 unspecified atom stereocenters. The van der Waals surface area contributed by atoms with E-state index in [4.69, 9.17) is 5.10 Å². The number of aromatic nitrogens is 4. The van der Waals surface area contributed by atoms with Crippen LogP contribution in [-0.4, -0.2) is 42.5 Å². The summed E-state index contributed by atoms with van der Waals surface area (Å²) in [5.74, 6) is 0.260. The summed E-state index contributed by atoms with van der Waals surface area (Å²) in [7, 11) is 0. The number of benzene rings is 3. The maximum atomic E-state index is 13.7. The van der Waals surface area contributed by atoms with Crippen molar-refractivity contribution in [1.82, 2.24) is 19.7 Å². The molecule has 0 aliphatic rings. The van der Waals surface area contributed by atoms with Crippen LogP contribution in [0.15, 0.2) is 90.1 Å². The number of fused-ring (bicyclic) bond motifs is 2. The Morgan fingerprint density at radius 1 is 0.744 bits per heavy atom. The number of carbonyl (C=O) groups excluding carboxylic acids is 2. The molecule has 0 fully saturated rings. The molecule has 6 aromatic rings. The van der Waals surface area contributed by atoms with E-state index in [1.165, 1.54) is 4.68 Å². The van der Waals surface area contributed by atoms with E-state index in [1.807, 2.05) is 30.3 Å². The van der Waals surface area contributed by atoms with Crippen LogP contribution in [0.1, 0.15) is 22.3 Å². The summed E-state index contributed by atoms with van der Waals surface area (Å²) < 4.78 is 1.25. The zero-order valence-corrected chi connectivity index (χ0v) is 23.0. The molecule has 3 aromatic carbocycles. The summed E-state index contributed by atoms with van der Waals surface area (Å²) >= 11 is 0. The Labute approximate surface area is 245 Å². The zero-order chi connectivity index (χ0) is 29.9. The molecule has 2 N–H and O–H groups in total. The van der Waals surface area contributed by atoms with Gasteiger partial charge < -0.3 is 19.8 Å². The van der Waals surface area contributed by atoms with Gasteiger partial charge in [0.25, 0.3) is 5.56 Å². The number of carbonyl (C=O) groups is 2. The van der Waals surface area contributed by atoms with Gasteiger partial charge in [0.2, 0.25) is 0 Å². The van der Waals surface area contributed by atoms with Crippen LogP contribution in [0.5, 0.6) is 0 Å². The van der Waals surface area contributed by atoms with E-state index in [-0.39, 0.29) is 37.4 Å². The fourth-order valence-corrected chi connectivity index (χ4v) is 5.60. The maximum absolute atomic E-state index is 13.7. The van der Waals surface area contributed by atoms with Gasteiger partial charge in [-0.3, -0.25) is 9.78 Å². The molecule has 3 aromatic heterocycles. The third-order valence-electron chi connectivity index (χ3n) is 7.59. The third kappa shape index (κ3) is 5.01. The first kappa shape index (κ1) is 27.8. The first-order valence-corrected chi connectivity index (χ1v) is 13.7. The molecule has 0 spiro atoms. The van der Waals surface area contributed by atoms with E-state index in [9.17, 15) is 24.6 Å². The molecule has 0 bridgehead atoms. The van der Waals surface area contributed by atoms with Crippen LogP contribution in [0.25, 0.3) is 49.7 Å². The molecule has 212 valence electrons. The third-order valence-corrected chi connectivity index (χ3v) is 7.59. The molecule has 0 radical (unpaired) electrons. The number of aliphatic hydroxyl groups excluding tert-OH is 2. The van der Waals surface area contributed by atoms with Gasteiger partial charge in [-0.1, -0.05) is 24.3 Å². The molecule has 3 heterocycles. The molecule has 0 saturated heterocycles. The van der Waals surface area contributed by atoms with Gasteiger partial charge in [-0.15, -0.1) is 0 Å². The average Bonchev–Trinajstić information content (AvgIpc) is 3.05. The van der Waals surface area contributed by atoms with Crippen molar-refractivity contribution in [2.75, 3.05) is 0 Å². The van der Waals surface area contributed by atoms with Crippen molar-refractivity contribution < 1.29 is 19.8 Å². The normalized spacial score (nSPS) is 11.2. The predicted molar refractivity (Wildman–Crippen MR) is 163 cm³/mol. The fraction of sp³-hybridized carbons (Fsp3) is 0.118. The summed E-state index contributed by atoms with van der Waals surface area (Å²) in [6.07, 6.45) is 6.73. The van der Waals surface area contributed by atoms with Crippen LogP contribution in [0.4, 0.5) is 0 Å². The smallest absolute Gasteiger partial charge is 0.280 e.